The van der Waals surface area contributed by atoms with Crippen LogP contribution in [0.3, 0.4) is 0 Å². The van der Waals surface area contributed by atoms with Gasteiger partial charge in [0.1, 0.15) is 5.75 Å². The summed E-state index contributed by atoms with van der Waals surface area (Å²) in [6.07, 6.45) is 1.36. The summed E-state index contributed by atoms with van der Waals surface area (Å²) in [5.41, 5.74) is 6.38. The highest BCUT2D eigenvalue weighted by molar-refractivity contribution is 5.85. The Kier molecular flexibility index (Phi) is 7.13. The van der Waals surface area contributed by atoms with Crippen molar-refractivity contribution in [2.45, 2.75) is 25.8 Å². The van der Waals surface area contributed by atoms with Crippen LogP contribution < -0.4 is 15.8 Å². The SMILES string of the molecule is COc1cccc(C(C)NC(=O)C2(CN)CCOCC2)c1.Cl. The highest BCUT2D eigenvalue weighted by atomic mass is 35.5. The standard InChI is InChI=1S/C16H24N2O3.ClH/c1-12(13-4-3-5-14(10-13)20-2)18-15(19)16(11-17)6-8-21-9-7-16;/h3-5,10,12H,6-9,11,17H2,1-2H3,(H,18,19);1H. The molecule has 1 aliphatic heterocycles. The van der Waals surface area contributed by atoms with Crippen molar-refractivity contribution in [3.8, 4) is 5.75 Å². The monoisotopic (exact) mass is 328 g/mol. The maximum atomic E-state index is 12.6. The van der Waals surface area contributed by atoms with E-state index in [0.717, 1.165) is 11.3 Å². The molecular weight excluding hydrogens is 304 g/mol. The molecule has 0 radical (unpaired) electrons. The summed E-state index contributed by atoms with van der Waals surface area (Å²) in [5.74, 6) is 0.803. The first-order valence-corrected chi connectivity index (χ1v) is 7.34. The Bertz CT molecular complexity index is 490. The number of ether oxygens (including phenoxy) is 2. The molecule has 1 atom stereocenters. The molecule has 1 aromatic carbocycles. The van der Waals surface area contributed by atoms with Crippen LogP contribution in [-0.2, 0) is 9.53 Å². The highest BCUT2D eigenvalue weighted by Gasteiger charge is 2.39. The lowest BCUT2D eigenvalue weighted by molar-refractivity contribution is -0.136. The molecule has 1 aliphatic rings. The van der Waals surface area contributed by atoms with Gasteiger partial charge in [-0.15, -0.1) is 12.4 Å². The number of nitrogens with one attached hydrogen (secondary N) is 1. The predicted molar refractivity (Wildman–Crippen MR) is 88.3 cm³/mol. The molecule has 6 heteroatoms. The molecule has 0 aromatic heterocycles. The van der Waals surface area contributed by atoms with Gasteiger partial charge in [0.2, 0.25) is 5.91 Å². The average Bonchev–Trinajstić information content (AvgIpc) is 2.55. The summed E-state index contributed by atoms with van der Waals surface area (Å²) < 4.78 is 10.6. The number of rotatable bonds is 5. The fraction of sp³-hybridized carbons (Fsp3) is 0.562. The lowest BCUT2D eigenvalue weighted by atomic mass is 9.79. The van der Waals surface area contributed by atoms with Gasteiger partial charge >= 0.3 is 0 Å². The van der Waals surface area contributed by atoms with Crippen LogP contribution in [0, 0.1) is 5.41 Å². The molecule has 1 fully saturated rings. The fourth-order valence-electron chi connectivity index (χ4n) is 2.63. The molecule has 1 heterocycles. The van der Waals surface area contributed by atoms with E-state index in [1.54, 1.807) is 7.11 Å². The summed E-state index contributed by atoms with van der Waals surface area (Å²) in [4.78, 5) is 12.6. The molecule has 5 nitrogen and oxygen atoms in total. The maximum absolute atomic E-state index is 12.6. The molecule has 0 saturated carbocycles. The van der Waals surface area contributed by atoms with E-state index in [4.69, 9.17) is 15.2 Å². The fourth-order valence-corrected chi connectivity index (χ4v) is 2.63. The zero-order valence-corrected chi connectivity index (χ0v) is 13.9. The Labute approximate surface area is 138 Å². The summed E-state index contributed by atoms with van der Waals surface area (Å²) >= 11 is 0. The van der Waals surface area contributed by atoms with Crippen LogP contribution in [0.4, 0.5) is 0 Å². The summed E-state index contributed by atoms with van der Waals surface area (Å²) in [5, 5.41) is 3.08. The maximum Gasteiger partial charge on any atom is 0.228 e. The van der Waals surface area contributed by atoms with E-state index in [9.17, 15) is 4.79 Å². The van der Waals surface area contributed by atoms with Gasteiger partial charge in [0.05, 0.1) is 18.6 Å². The molecule has 124 valence electrons. The molecule has 1 unspecified atom stereocenters. The van der Waals surface area contributed by atoms with E-state index >= 15 is 0 Å². The van der Waals surface area contributed by atoms with Crippen LogP contribution in [0.25, 0.3) is 0 Å². The highest BCUT2D eigenvalue weighted by Crippen LogP contribution is 2.30. The molecule has 1 amide bonds. The Morgan fingerprint density at radius 3 is 2.73 bits per heavy atom. The summed E-state index contributed by atoms with van der Waals surface area (Å²) in [6.45, 7) is 3.51. The van der Waals surface area contributed by atoms with Gasteiger partial charge in [0.25, 0.3) is 0 Å². The minimum absolute atomic E-state index is 0. The smallest absolute Gasteiger partial charge is 0.228 e. The third-order valence-corrected chi connectivity index (χ3v) is 4.26. The molecule has 1 saturated heterocycles. The average molecular weight is 329 g/mol. The number of methoxy groups -OCH3 is 1. The first-order chi connectivity index (χ1) is 10.1. The first-order valence-electron chi connectivity index (χ1n) is 7.34. The van der Waals surface area contributed by atoms with Gasteiger partial charge < -0.3 is 20.5 Å². The number of nitrogens with two attached hydrogens (primary N) is 1. The van der Waals surface area contributed by atoms with Crippen molar-refractivity contribution in [3.05, 3.63) is 29.8 Å². The van der Waals surface area contributed by atoms with E-state index in [0.29, 0.717) is 32.6 Å². The molecule has 0 aliphatic carbocycles. The predicted octanol–water partition coefficient (Wildman–Crippen LogP) is 2.05. The topological polar surface area (TPSA) is 73.6 Å². The van der Waals surface area contributed by atoms with Crippen molar-refractivity contribution in [2.75, 3.05) is 26.9 Å². The zero-order chi connectivity index (χ0) is 15.3. The third-order valence-electron chi connectivity index (χ3n) is 4.26. The van der Waals surface area contributed by atoms with Crippen LogP contribution in [0.15, 0.2) is 24.3 Å². The van der Waals surface area contributed by atoms with E-state index in [1.807, 2.05) is 31.2 Å². The minimum Gasteiger partial charge on any atom is -0.497 e. The van der Waals surface area contributed by atoms with Crippen molar-refractivity contribution in [2.24, 2.45) is 11.1 Å². The van der Waals surface area contributed by atoms with Crippen molar-refractivity contribution in [3.63, 3.8) is 0 Å². The lowest BCUT2D eigenvalue weighted by Crippen LogP contribution is -2.49. The van der Waals surface area contributed by atoms with Crippen molar-refractivity contribution < 1.29 is 14.3 Å². The van der Waals surface area contributed by atoms with Crippen LogP contribution in [0.2, 0.25) is 0 Å². The number of benzene rings is 1. The van der Waals surface area contributed by atoms with Gasteiger partial charge in [-0.25, -0.2) is 0 Å². The number of carbonyl (C=O) groups is 1. The second kappa shape index (κ2) is 8.36. The van der Waals surface area contributed by atoms with E-state index in [1.165, 1.54) is 0 Å². The van der Waals surface area contributed by atoms with Gasteiger partial charge in [-0.1, -0.05) is 12.1 Å². The Morgan fingerprint density at radius 1 is 1.45 bits per heavy atom. The molecule has 1 aromatic rings. The largest absolute Gasteiger partial charge is 0.497 e. The number of carbonyl (C=O) groups excluding carboxylic acids is 1. The van der Waals surface area contributed by atoms with E-state index in [2.05, 4.69) is 5.32 Å². The normalized spacial score (nSPS) is 18.0. The van der Waals surface area contributed by atoms with Crippen LogP contribution in [0.1, 0.15) is 31.4 Å². The number of hydrogen-bond acceptors (Lipinski definition) is 4. The molecular formula is C16H25ClN2O3. The van der Waals surface area contributed by atoms with Crippen molar-refractivity contribution >= 4 is 18.3 Å². The molecule has 3 N–H and O–H groups in total. The van der Waals surface area contributed by atoms with E-state index in [-0.39, 0.29) is 24.4 Å². The van der Waals surface area contributed by atoms with E-state index < -0.39 is 5.41 Å². The number of amides is 1. The Hall–Kier alpha value is -1.30. The zero-order valence-electron chi connectivity index (χ0n) is 13.1. The van der Waals surface area contributed by atoms with Gasteiger partial charge in [0.15, 0.2) is 0 Å². The van der Waals surface area contributed by atoms with Gasteiger partial charge in [-0.2, -0.15) is 0 Å². The Balaban J connectivity index is 0.00000242. The third kappa shape index (κ3) is 4.12. The summed E-state index contributed by atoms with van der Waals surface area (Å²) in [6, 6.07) is 7.64. The van der Waals surface area contributed by atoms with Crippen LogP contribution in [0.5, 0.6) is 5.75 Å². The quantitative estimate of drug-likeness (QED) is 0.867. The van der Waals surface area contributed by atoms with Crippen LogP contribution >= 0.6 is 12.4 Å². The molecule has 0 spiro atoms. The summed E-state index contributed by atoms with van der Waals surface area (Å²) in [7, 11) is 1.63. The van der Waals surface area contributed by atoms with Crippen molar-refractivity contribution in [1.29, 1.82) is 0 Å². The molecule has 2 rings (SSSR count). The first kappa shape index (κ1) is 18.7. The number of halogens is 1. The molecule has 0 bridgehead atoms. The minimum atomic E-state index is -0.495. The second-order valence-corrected chi connectivity index (χ2v) is 5.57. The van der Waals surface area contributed by atoms with Gasteiger partial charge in [0, 0.05) is 19.8 Å². The molecule has 22 heavy (non-hydrogen) atoms. The van der Waals surface area contributed by atoms with Gasteiger partial charge in [-0.3, -0.25) is 4.79 Å². The second-order valence-electron chi connectivity index (χ2n) is 5.57. The van der Waals surface area contributed by atoms with Gasteiger partial charge in [-0.05, 0) is 37.5 Å². The van der Waals surface area contributed by atoms with Crippen LogP contribution in [-0.4, -0.2) is 32.8 Å². The Morgan fingerprint density at radius 2 is 2.14 bits per heavy atom. The van der Waals surface area contributed by atoms with Crippen molar-refractivity contribution in [1.82, 2.24) is 5.32 Å². The lowest BCUT2D eigenvalue weighted by Gasteiger charge is -2.35. The number of hydrogen-bond donors (Lipinski definition) is 2.